The highest BCUT2D eigenvalue weighted by Crippen LogP contribution is 2.28. The molecule has 1 saturated heterocycles. The molecule has 1 aromatic heterocycles. The van der Waals surface area contributed by atoms with E-state index >= 15 is 0 Å². The van der Waals surface area contributed by atoms with Crippen LogP contribution in [0.25, 0.3) is 6.08 Å². The second-order valence-electron chi connectivity index (χ2n) is 7.15. The Labute approximate surface area is 194 Å². The number of rotatable bonds is 6. The monoisotopic (exact) mass is 466 g/mol. The molecule has 4 amide bonds. The number of barbiturate groups is 1. The molecule has 1 N–H and O–H groups in total. The van der Waals surface area contributed by atoms with Crippen LogP contribution in [-0.4, -0.2) is 22.7 Å². The second-order valence-corrected chi connectivity index (χ2v) is 8.57. The van der Waals surface area contributed by atoms with Crippen LogP contribution in [0.15, 0.2) is 81.8 Å². The molecule has 4 rings (SSSR count). The van der Waals surface area contributed by atoms with Gasteiger partial charge in [0.25, 0.3) is 11.8 Å². The van der Waals surface area contributed by atoms with Gasteiger partial charge in [0.1, 0.15) is 11.3 Å². The third-order valence-corrected chi connectivity index (χ3v) is 6.22. The zero-order chi connectivity index (χ0) is 22.7. The zero-order valence-electron chi connectivity index (χ0n) is 17.1. The van der Waals surface area contributed by atoms with Gasteiger partial charge in [-0.2, -0.15) is 0 Å². The summed E-state index contributed by atoms with van der Waals surface area (Å²) in [5.74, 6) is -0.384. The summed E-state index contributed by atoms with van der Waals surface area (Å²) in [7, 11) is 0. The first-order valence-corrected chi connectivity index (χ1v) is 11.2. The van der Waals surface area contributed by atoms with Crippen LogP contribution in [0.5, 0.6) is 0 Å². The van der Waals surface area contributed by atoms with Gasteiger partial charge in [-0.3, -0.25) is 19.8 Å². The standard InChI is InChI=1S/C24H19ClN2O4S/c1-15(17-5-3-2-4-6-17)27-23(29)20(22(28)26-24(27)30)13-19-11-12-21(31-19)32-14-16-7-9-18(25)10-8-16/h2-13,15H,14H2,1H3,(H,26,28,30). The van der Waals surface area contributed by atoms with Crippen molar-refractivity contribution in [2.45, 2.75) is 23.8 Å². The third kappa shape index (κ3) is 4.79. The maximum absolute atomic E-state index is 13.0. The van der Waals surface area contributed by atoms with E-state index in [2.05, 4.69) is 5.32 Å². The number of carbonyl (C=O) groups excluding carboxylic acids is 3. The summed E-state index contributed by atoms with van der Waals surface area (Å²) in [5.41, 5.74) is 1.71. The van der Waals surface area contributed by atoms with E-state index in [1.807, 2.05) is 54.6 Å². The van der Waals surface area contributed by atoms with E-state index in [9.17, 15) is 14.4 Å². The SMILES string of the molecule is CC(c1ccccc1)N1C(=O)NC(=O)C(=Cc2ccc(SCc3ccc(Cl)cc3)o2)C1=O. The summed E-state index contributed by atoms with van der Waals surface area (Å²) in [5, 5.41) is 3.56. The third-order valence-electron chi connectivity index (χ3n) is 4.99. The summed E-state index contributed by atoms with van der Waals surface area (Å²) in [6.45, 7) is 1.73. The van der Waals surface area contributed by atoms with Crippen molar-refractivity contribution in [1.29, 1.82) is 0 Å². The number of furan rings is 1. The topological polar surface area (TPSA) is 79.6 Å². The number of hydrogen-bond donors (Lipinski definition) is 1. The quantitative estimate of drug-likeness (QED) is 0.297. The minimum atomic E-state index is -0.747. The smallest absolute Gasteiger partial charge is 0.331 e. The van der Waals surface area contributed by atoms with Crippen molar-refractivity contribution < 1.29 is 18.8 Å². The Kier molecular flexibility index (Phi) is 6.48. The molecule has 8 heteroatoms. The highest BCUT2D eigenvalue weighted by atomic mass is 35.5. The number of imide groups is 2. The number of benzene rings is 2. The molecule has 6 nitrogen and oxygen atoms in total. The first-order chi connectivity index (χ1) is 15.4. The lowest BCUT2D eigenvalue weighted by Crippen LogP contribution is -2.54. The number of hydrogen-bond acceptors (Lipinski definition) is 5. The molecule has 0 saturated carbocycles. The van der Waals surface area contributed by atoms with Crippen LogP contribution in [0, 0.1) is 0 Å². The molecule has 0 aliphatic carbocycles. The van der Waals surface area contributed by atoms with Gasteiger partial charge < -0.3 is 4.42 Å². The molecule has 1 atom stereocenters. The van der Waals surface area contributed by atoms with Crippen molar-refractivity contribution in [3.8, 4) is 0 Å². The van der Waals surface area contributed by atoms with Crippen molar-refractivity contribution in [2.75, 3.05) is 0 Å². The number of thioether (sulfide) groups is 1. The van der Waals surface area contributed by atoms with Crippen molar-refractivity contribution in [3.05, 3.63) is 94.2 Å². The fourth-order valence-corrected chi connectivity index (χ4v) is 4.22. The van der Waals surface area contributed by atoms with Crippen LogP contribution in [-0.2, 0) is 15.3 Å². The first kappa shape index (κ1) is 21.9. The van der Waals surface area contributed by atoms with Gasteiger partial charge in [0.2, 0.25) is 0 Å². The normalized spacial score (nSPS) is 16.4. The molecule has 1 unspecified atom stereocenters. The molecule has 32 heavy (non-hydrogen) atoms. The van der Waals surface area contributed by atoms with Crippen LogP contribution in [0.1, 0.15) is 29.9 Å². The maximum Gasteiger partial charge on any atom is 0.331 e. The van der Waals surface area contributed by atoms with Gasteiger partial charge in [0.15, 0.2) is 5.09 Å². The van der Waals surface area contributed by atoms with Gasteiger partial charge >= 0.3 is 6.03 Å². The van der Waals surface area contributed by atoms with E-state index in [-0.39, 0.29) is 5.57 Å². The van der Waals surface area contributed by atoms with Gasteiger partial charge in [-0.05, 0) is 48.4 Å². The molecule has 3 aromatic rings. The largest absolute Gasteiger partial charge is 0.450 e. The van der Waals surface area contributed by atoms with Gasteiger partial charge in [-0.25, -0.2) is 4.79 Å². The van der Waals surface area contributed by atoms with Crippen molar-refractivity contribution >= 4 is 47.3 Å². The van der Waals surface area contributed by atoms with Crippen molar-refractivity contribution in [1.82, 2.24) is 10.2 Å². The van der Waals surface area contributed by atoms with Crippen LogP contribution in [0.2, 0.25) is 5.02 Å². The van der Waals surface area contributed by atoms with Crippen molar-refractivity contribution in [2.24, 2.45) is 0 Å². The summed E-state index contributed by atoms with van der Waals surface area (Å²) < 4.78 is 5.76. The molecule has 1 aliphatic heterocycles. The fraction of sp³-hybridized carbons (Fsp3) is 0.125. The van der Waals surface area contributed by atoms with Crippen LogP contribution < -0.4 is 5.32 Å². The summed E-state index contributed by atoms with van der Waals surface area (Å²) in [6, 6.07) is 18.8. The molecular formula is C24H19ClN2O4S. The molecule has 162 valence electrons. The molecule has 0 spiro atoms. The van der Waals surface area contributed by atoms with E-state index in [4.69, 9.17) is 16.0 Å². The predicted octanol–water partition coefficient (Wildman–Crippen LogP) is 5.45. The Hall–Kier alpha value is -3.29. The molecule has 0 radical (unpaired) electrons. The molecule has 1 aliphatic rings. The first-order valence-electron chi connectivity index (χ1n) is 9.85. The van der Waals surface area contributed by atoms with Crippen LogP contribution >= 0.6 is 23.4 Å². The number of urea groups is 1. The Morgan fingerprint density at radius 1 is 1.03 bits per heavy atom. The Bertz CT molecular complexity index is 1190. The Morgan fingerprint density at radius 2 is 1.75 bits per heavy atom. The predicted molar refractivity (Wildman–Crippen MR) is 123 cm³/mol. The average Bonchev–Trinajstić information content (AvgIpc) is 3.24. The van der Waals surface area contributed by atoms with Gasteiger partial charge in [-0.1, -0.05) is 65.8 Å². The fourth-order valence-electron chi connectivity index (χ4n) is 3.27. The zero-order valence-corrected chi connectivity index (χ0v) is 18.7. The van der Waals surface area contributed by atoms with E-state index in [0.717, 1.165) is 16.0 Å². The highest BCUT2D eigenvalue weighted by molar-refractivity contribution is 7.98. The number of nitrogens with zero attached hydrogens (tertiary/aromatic N) is 1. The van der Waals surface area contributed by atoms with Crippen molar-refractivity contribution in [3.63, 3.8) is 0 Å². The van der Waals surface area contributed by atoms with Crippen LogP contribution in [0.4, 0.5) is 4.79 Å². The van der Waals surface area contributed by atoms with E-state index < -0.39 is 23.9 Å². The molecular weight excluding hydrogens is 448 g/mol. The van der Waals surface area contributed by atoms with E-state index in [1.165, 1.54) is 17.8 Å². The summed E-state index contributed by atoms with van der Waals surface area (Å²) >= 11 is 7.38. The second kappa shape index (κ2) is 9.46. The minimum Gasteiger partial charge on any atom is -0.450 e. The Morgan fingerprint density at radius 3 is 2.47 bits per heavy atom. The molecule has 1 fully saturated rings. The van der Waals surface area contributed by atoms with E-state index in [1.54, 1.807) is 19.1 Å². The molecule has 2 aromatic carbocycles. The number of amides is 4. The lowest BCUT2D eigenvalue weighted by molar-refractivity contribution is -0.131. The summed E-state index contributed by atoms with van der Waals surface area (Å²) in [6.07, 6.45) is 1.36. The Balaban J connectivity index is 1.51. The van der Waals surface area contributed by atoms with Gasteiger partial charge in [0.05, 0.1) is 6.04 Å². The minimum absolute atomic E-state index is 0.156. The number of carbonyl (C=O) groups is 3. The highest BCUT2D eigenvalue weighted by Gasteiger charge is 2.39. The number of nitrogens with one attached hydrogen (secondary N) is 1. The summed E-state index contributed by atoms with van der Waals surface area (Å²) in [4.78, 5) is 38.8. The number of halogens is 1. The average molecular weight is 467 g/mol. The molecule has 0 bridgehead atoms. The lowest BCUT2D eigenvalue weighted by Gasteiger charge is -2.31. The van der Waals surface area contributed by atoms with Gasteiger partial charge in [0, 0.05) is 10.8 Å². The lowest BCUT2D eigenvalue weighted by atomic mass is 10.0. The van der Waals surface area contributed by atoms with Crippen LogP contribution in [0.3, 0.4) is 0 Å². The maximum atomic E-state index is 13.0. The van der Waals surface area contributed by atoms with E-state index in [0.29, 0.717) is 21.6 Å². The van der Waals surface area contributed by atoms with Gasteiger partial charge in [-0.15, -0.1) is 0 Å². The molecule has 2 heterocycles.